The van der Waals surface area contributed by atoms with E-state index in [0.717, 1.165) is 17.0 Å². The Labute approximate surface area is 180 Å². The Bertz CT molecular complexity index is 1100. The van der Waals surface area contributed by atoms with Crippen molar-refractivity contribution in [2.24, 2.45) is 0 Å². The number of nitrogens with one attached hydrogen (secondary N) is 1. The topological polar surface area (TPSA) is 78.3 Å². The van der Waals surface area contributed by atoms with Gasteiger partial charge in [-0.1, -0.05) is 30.3 Å². The van der Waals surface area contributed by atoms with Gasteiger partial charge < -0.3 is 14.8 Å². The summed E-state index contributed by atoms with van der Waals surface area (Å²) in [7, 11) is 0. The Morgan fingerprint density at radius 1 is 0.935 bits per heavy atom. The normalized spacial score (nSPS) is 11.5. The fraction of sp³-hybridized carbons (Fsp3) is 0.125. The molecular weight excluding hydrogens is 392 g/mol. The smallest absolute Gasteiger partial charge is 0.258 e. The number of amides is 1. The van der Waals surface area contributed by atoms with Crippen molar-refractivity contribution in [1.29, 1.82) is 0 Å². The Hall–Kier alpha value is -4.13. The highest BCUT2D eigenvalue weighted by Gasteiger charge is 2.11. The monoisotopic (exact) mass is 414 g/mol. The molecule has 0 spiro atoms. The summed E-state index contributed by atoms with van der Waals surface area (Å²) in [5.41, 5.74) is 1.89. The van der Waals surface area contributed by atoms with Crippen LogP contribution in [0.15, 0.2) is 91.5 Å². The molecule has 1 amide bonds. The summed E-state index contributed by atoms with van der Waals surface area (Å²) in [6.45, 7) is 1.86. The van der Waals surface area contributed by atoms with E-state index in [4.69, 9.17) is 9.47 Å². The first-order valence-corrected chi connectivity index (χ1v) is 9.87. The van der Waals surface area contributed by atoms with Crippen LogP contribution >= 0.6 is 0 Å². The molecule has 0 aliphatic rings. The van der Waals surface area contributed by atoms with Crippen LogP contribution in [0, 0.1) is 0 Å². The minimum absolute atomic E-state index is 0.0692. The van der Waals surface area contributed by atoms with E-state index in [2.05, 4.69) is 15.4 Å². The van der Waals surface area contributed by atoms with Crippen molar-refractivity contribution in [3.8, 4) is 22.9 Å². The molecule has 1 heterocycles. The maximum Gasteiger partial charge on any atom is 0.258 e. The molecule has 0 aliphatic carbocycles. The lowest BCUT2D eigenvalue weighted by molar-refractivity contribution is -0.123. The quantitative estimate of drug-likeness (QED) is 0.465. The summed E-state index contributed by atoms with van der Waals surface area (Å²) in [4.78, 5) is 16.2. The molecule has 4 rings (SSSR count). The van der Waals surface area contributed by atoms with Crippen LogP contribution in [0.4, 0.5) is 0 Å². The van der Waals surface area contributed by atoms with Gasteiger partial charge in [0.1, 0.15) is 29.9 Å². The summed E-state index contributed by atoms with van der Waals surface area (Å²) < 4.78 is 13.0. The Balaban J connectivity index is 1.26. The molecule has 7 nitrogen and oxygen atoms in total. The molecule has 3 aromatic carbocycles. The molecule has 0 radical (unpaired) electrons. The van der Waals surface area contributed by atoms with E-state index < -0.39 is 0 Å². The highest BCUT2D eigenvalue weighted by molar-refractivity contribution is 5.78. The van der Waals surface area contributed by atoms with E-state index in [1.807, 2.05) is 61.5 Å². The molecule has 1 N–H and O–H groups in total. The second-order valence-corrected chi connectivity index (χ2v) is 6.90. The maximum absolute atomic E-state index is 12.3. The van der Waals surface area contributed by atoms with Gasteiger partial charge in [0.05, 0.1) is 11.7 Å². The minimum Gasteiger partial charge on any atom is -0.484 e. The number of hydrogen-bond donors (Lipinski definition) is 1. The van der Waals surface area contributed by atoms with Gasteiger partial charge in [0.2, 0.25) is 0 Å². The Kier molecular flexibility index (Phi) is 6.23. The molecule has 156 valence electrons. The van der Waals surface area contributed by atoms with Crippen molar-refractivity contribution in [2.45, 2.75) is 13.0 Å². The first-order chi connectivity index (χ1) is 15.2. The third-order valence-corrected chi connectivity index (χ3v) is 4.63. The number of aromatic nitrogens is 3. The molecule has 0 aliphatic heterocycles. The van der Waals surface area contributed by atoms with Crippen LogP contribution in [0.5, 0.6) is 17.2 Å². The van der Waals surface area contributed by atoms with Crippen LogP contribution in [-0.4, -0.2) is 27.3 Å². The predicted molar refractivity (Wildman–Crippen MR) is 116 cm³/mol. The molecule has 0 fully saturated rings. The molecule has 4 aromatic rings. The van der Waals surface area contributed by atoms with Crippen LogP contribution in [0.3, 0.4) is 0 Å². The van der Waals surface area contributed by atoms with Crippen LogP contribution in [0.1, 0.15) is 18.5 Å². The zero-order valence-corrected chi connectivity index (χ0v) is 17.0. The first-order valence-electron chi connectivity index (χ1n) is 9.87. The summed E-state index contributed by atoms with van der Waals surface area (Å²) in [6.07, 6.45) is 3.12. The molecule has 31 heavy (non-hydrogen) atoms. The van der Waals surface area contributed by atoms with Crippen molar-refractivity contribution < 1.29 is 14.3 Å². The third kappa shape index (κ3) is 5.48. The second-order valence-electron chi connectivity index (χ2n) is 6.90. The largest absolute Gasteiger partial charge is 0.484 e. The van der Waals surface area contributed by atoms with Gasteiger partial charge in [0.25, 0.3) is 5.91 Å². The Morgan fingerprint density at radius 2 is 1.61 bits per heavy atom. The summed E-state index contributed by atoms with van der Waals surface area (Å²) in [5.74, 6) is 1.86. The van der Waals surface area contributed by atoms with E-state index in [1.165, 1.54) is 6.33 Å². The fourth-order valence-electron chi connectivity index (χ4n) is 3.00. The summed E-state index contributed by atoms with van der Waals surface area (Å²) >= 11 is 0. The van der Waals surface area contributed by atoms with Crippen LogP contribution < -0.4 is 14.8 Å². The molecule has 7 heteroatoms. The van der Waals surface area contributed by atoms with Crippen molar-refractivity contribution in [1.82, 2.24) is 20.1 Å². The van der Waals surface area contributed by atoms with Crippen LogP contribution in [0.2, 0.25) is 0 Å². The fourth-order valence-corrected chi connectivity index (χ4v) is 3.00. The van der Waals surface area contributed by atoms with Gasteiger partial charge in [-0.2, -0.15) is 5.10 Å². The molecule has 1 aromatic heterocycles. The number of rotatable bonds is 8. The van der Waals surface area contributed by atoms with Gasteiger partial charge in [-0.15, -0.1) is 0 Å². The minimum atomic E-state index is -0.197. The van der Waals surface area contributed by atoms with Crippen molar-refractivity contribution >= 4 is 5.91 Å². The van der Waals surface area contributed by atoms with E-state index in [0.29, 0.717) is 11.5 Å². The number of ether oxygens (including phenoxy) is 2. The van der Waals surface area contributed by atoms with Crippen molar-refractivity contribution in [2.75, 3.05) is 6.61 Å². The highest BCUT2D eigenvalue weighted by atomic mass is 16.5. The number of carbonyl (C=O) groups is 1. The number of para-hydroxylation sites is 1. The summed E-state index contributed by atoms with van der Waals surface area (Å²) in [5, 5.41) is 7.04. The van der Waals surface area contributed by atoms with Gasteiger partial charge in [0, 0.05) is 0 Å². The zero-order chi connectivity index (χ0) is 21.5. The van der Waals surface area contributed by atoms with Crippen LogP contribution in [-0.2, 0) is 4.79 Å². The van der Waals surface area contributed by atoms with E-state index in [9.17, 15) is 4.79 Å². The van der Waals surface area contributed by atoms with E-state index in [1.54, 1.807) is 35.3 Å². The van der Waals surface area contributed by atoms with Gasteiger partial charge in [-0.05, 0) is 61.0 Å². The zero-order valence-electron chi connectivity index (χ0n) is 17.0. The lowest BCUT2D eigenvalue weighted by Crippen LogP contribution is -2.31. The lowest BCUT2D eigenvalue weighted by Gasteiger charge is -2.15. The Morgan fingerprint density at radius 3 is 2.29 bits per heavy atom. The SMILES string of the molecule is CC(NC(=O)COc1ccc(Oc2ccccc2)cc1)c1ccc(-n2cncn2)cc1. The van der Waals surface area contributed by atoms with Gasteiger partial charge in [-0.3, -0.25) is 4.79 Å². The molecule has 0 saturated carbocycles. The summed E-state index contributed by atoms with van der Waals surface area (Å²) in [6, 6.07) is 24.3. The first kappa shape index (κ1) is 20.2. The molecule has 0 saturated heterocycles. The average Bonchev–Trinajstić information content (AvgIpc) is 3.34. The number of nitrogens with zero attached hydrogens (tertiary/aromatic N) is 3. The molecule has 1 unspecified atom stereocenters. The number of benzene rings is 3. The highest BCUT2D eigenvalue weighted by Crippen LogP contribution is 2.23. The predicted octanol–water partition coefficient (Wildman–Crippen LogP) is 4.32. The number of carbonyl (C=O) groups excluding carboxylic acids is 1. The van der Waals surface area contributed by atoms with Gasteiger partial charge in [0.15, 0.2) is 6.61 Å². The number of hydrogen-bond acceptors (Lipinski definition) is 5. The van der Waals surface area contributed by atoms with Gasteiger partial charge >= 0.3 is 0 Å². The lowest BCUT2D eigenvalue weighted by atomic mass is 10.1. The van der Waals surface area contributed by atoms with E-state index >= 15 is 0 Å². The van der Waals surface area contributed by atoms with Crippen molar-refractivity contribution in [3.05, 3.63) is 97.1 Å². The van der Waals surface area contributed by atoms with Crippen LogP contribution in [0.25, 0.3) is 5.69 Å². The molecular formula is C24H22N4O3. The second kappa shape index (κ2) is 9.58. The van der Waals surface area contributed by atoms with E-state index in [-0.39, 0.29) is 18.6 Å². The standard InChI is InChI=1S/C24H22N4O3/c1-18(19-7-9-20(10-8-19)28-17-25-16-26-28)27-24(29)15-30-21-11-13-23(14-12-21)31-22-5-3-2-4-6-22/h2-14,16-18H,15H2,1H3,(H,27,29). The van der Waals surface area contributed by atoms with Gasteiger partial charge in [-0.25, -0.2) is 9.67 Å². The maximum atomic E-state index is 12.3. The average molecular weight is 414 g/mol. The molecule has 0 bridgehead atoms. The van der Waals surface area contributed by atoms with Crippen molar-refractivity contribution in [3.63, 3.8) is 0 Å². The third-order valence-electron chi connectivity index (χ3n) is 4.63. The molecule has 1 atom stereocenters.